The van der Waals surface area contributed by atoms with E-state index in [1.807, 2.05) is 0 Å². The van der Waals surface area contributed by atoms with Gasteiger partial charge in [-0.25, -0.2) is 4.39 Å². The van der Waals surface area contributed by atoms with Gasteiger partial charge in [0.25, 0.3) is 0 Å². The third kappa shape index (κ3) is 2.69. The molecule has 0 aromatic heterocycles. The molecule has 15 heavy (non-hydrogen) atoms. The Labute approximate surface area is 108 Å². The molecule has 2 N–H and O–H groups in total. The molecule has 0 unspecified atom stereocenters. The molecule has 82 valence electrons. The van der Waals surface area contributed by atoms with E-state index in [2.05, 4.69) is 20.6 Å². The van der Waals surface area contributed by atoms with Gasteiger partial charge in [0.05, 0.1) is 14.5 Å². The Bertz CT molecular complexity index is 375. The Morgan fingerprint density at radius 3 is 2.13 bits per heavy atom. The van der Waals surface area contributed by atoms with Gasteiger partial charge in [0.2, 0.25) is 0 Å². The largest absolute Gasteiger partial charge is 0.707 e. The average Bonchev–Trinajstić information content (AvgIpc) is 2.18. The molecule has 1 rings (SSSR count). The van der Waals surface area contributed by atoms with Crippen LogP contribution < -0.4 is 4.65 Å². The second-order valence-corrected chi connectivity index (χ2v) is 4.27. The van der Waals surface area contributed by atoms with Crippen molar-refractivity contribution < 1.29 is 19.1 Å². The lowest BCUT2D eigenvalue weighted by molar-refractivity contribution is 0.287. The van der Waals surface area contributed by atoms with Crippen LogP contribution in [0.5, 0.6) is 5.75 Å². The molecule has 9 heteroatoms. The zero-order valence-electron chi connectivity index (χ0n) is 6.77. The van der Waals surface area contributed by atoms with Gasteiger partial charge in [-0.3, -0.25) is 0 Å². The highest BCUT2D eigenvalue weighted by molar-refractivity contribution is 9.10. The summed E-state index contributed by atoms with van der Waals surface area (Å²) in [6.45, 7) is 0. The fraction of sp³-hybridized carbons (Fsp3) is 0. The number of rotatable bonds is 2. The second-order valence-electron chi connectivity index (χ2n) is 2.34. The minimum atomic E-state index is -2.14. The van der Waals surface area contributed by atoms with Crippen LogP contribution in [0.3, 0.4) is 0 Å². The molecule has 0 aliphatic rings. The van der Waals surface area contributed by atoms with E-state index in [0.717, 1.165) is 0 Å². The SMILES string of the molecule is OB(O)Oc1c(Cl)c(Cl)c(Cl)c(F)c1Br. The summed E-state index contributed by atoms with van der Waals surface area (Å²) in [5, 5.41) is 16.3. The normalized spacial score (nSPS) is 10.3. The highest BCUT2D eigenvalue weighted by Crippen LogP contribution is 2.45. The minimum absolute atomic E-state index is 0.219. The summed E-state index contributed by atoms with van der Waals surface area (Å²) in [6, 6.07) is 0. The molecule has 0 heterocycles. The predicted molar refractivity (Wildman–Crippen MR) is 59.9 cm³/mol. The van der Waals surface area contributed by atoms with Gasteiger partial charge >= 0.3 is 7.32 Å². The first-order valence-corrected chi connectivity index (χ1v) is 5.33. The molecule has 0 aliphatic heterocycles. The Morgan fingerprint density at radius 2 is 1.67 bits per heavy atom. The van der Waals surface area contributed by atoms with Crippen molar-refractivity contribution in [1.82, 2.24) is 0 Å². The second kappa shape index (κ2) is 5.08. The molecule has 1 aromatic carbocycles. The molecule has 0 saturated heterocycles. The molecular weight excluding hydrogens is 336 g/mol. The van der Waals surface area contributed by atoms with E-state index in [4.69, 9.17) is 44.9 Å². The van der Waals surface area contributed by atoms with Crippen molar-refractivity contribution in [2.24, 2.45) is 0 Å². The average molecular weight is 338 g/mol. The lowest BCUT2D eigenvalue weighted by Crippen LogP contribution is -2.21. The van der Waals surface area contributed by atoms with Gasteiger partial charge in [-0.2, -0.15) is 0 Å². The third-order valence-electron chi connectivity index (χ3n) is 1.39. The standard InChI is InChI=1S/C6H2BBrCl3FO3/c8-1-5(12)3(10)2(9)4(11)6(1)15-7(13)14/h13-14H. The van der Waals surface area contributed by atoms with Crippen molar-refractivity contribution in [2.45, 2.75) is 0 Å². The van der Waals surface area contributed by atoms with Crippen molar-refractivity contribution in [3.63, 3.8) is 0 Å². The fourth-order valence-corrected chi connectivity index (χ4v) is 2.15. The Morgan fingerprint density at radius 1 is 1.13 bits per heavy atom. The van der Waals surface area contributed by atoms with Gasteiger partial charge in [0.1, 0.15) is 10.8 Å². The summed E-state index contributed by atoms with van der Waals surface area (Å²) in [6.07, 6.45) is 0. The molecule has 0 amide bonds. The van der Waals surface area contributed by atoms with Gasteiger partial charge in [-0.15, -0.1) is 0 Å². The monoisotopic (exact) mass is 336 g/mol. The summed E-state index contributed by atoms with van der Waals surface area (Å²) in [5.41, 5.74) is 0. The van der Waals surface area contributed by atoms with Crippen LogP contribution in [0.1, 0.15) is 0 Å². The molecule has 0 spiro atoms. The predicted octanol–water partition coefficient (Wildman–Crippen LogP) is 2.90. The first-order chi connectivity index (χ1) is 6.86. The number of hydrogen-bond donors (Lipinski definition) is 2. The number of halogens is 5. The molecule has 1 aromatic rings. The van der Waals surface area contributed by atoms with E-state index < -0.39 is 13.1 Å². The quantitative estimate of drug-likeness (QED) is 0.495. The van der Waals surface area contributed by atoms with Crippen molar-refractivity contribution in [1.29, 1.82) is 0 Å². The third-order valence-corrected chi connectivity index (χ3v) is 3.39. The van der Waals surface area contributed by atoms with Crippen molar-refractivity contribution in [3.8, 4) is 5.75 Å². The van der Waals surface area contributed by atoms with Crippen LogP contribution in [0.25, 0.3) is 0 Å². The maximum Gasteiger partial charge on any atom is 0.707 e. The summed E-state index contributed by atoms with van der Waals surface area (Å²) in [4.78, 5) is 0. The summed E-state index contributed by atoms with van der Waals surface area (Å²) in [7, 11) is -2.14. The summed E-state index contributed by atoms with van der Waals surface area (Å²) < 4.78 is 17.5. The van der Waals surface area contributed by atoms with E-state index in [1.54, 1.807) is 0 Å². The van der Waals surface area contributed by atoms with Crippen molar-refractivity contribution in [3.05, 3.63) is 25.4 Å². The van der Waals surface area contributed by atoms with E-state index >= 15 is 0 Å². The molecule has 0 radical (unpaired) electrons. The molecule has 0 atom stereocenters. The lowest BCUT2D eigenvalue weighted by Gasteiger charge is -2.12. The Kier molecular flexibility index (Phi) is 4.52. The van der Waals surface area contributed by atoms with Gasteiger partial charge in [-0.05, 0) is 15.9 Å². The maximum atomic E-state index is 13.3. The minimum Gasteiger partial charge on any atom is -0.510 e. The highest BCUT2D eigenvalue weighted by Gasteiger charge is 2.24. The number of hydrogen-bond acceptors (Lipinski definition) is 3. The Balaban J connectivity index is 3.39. The molecule has 3 nitrogen and oxygen atoms in total. The molecule has 0 saturated carbocycles. The fourth-order valence-electron chi connectivity index (χ4n) is 0.794. The van der Waals surface area contributed by atoms with E-state index in [-0.39, 0.29) is 25.3 Å². The zero-order valence-corrected chi connectivity index (χ0v) is 10.6. The van der Waals surface area contributed by atoms with Crippen LogP contribution in [0.4, 0.5) is 4.39 Å². The lowest BCUT2D eigenvalue weighted by atomic mass is 10.2. The topological polar surface area (TPSA) is 49.7 Å². The molecule has 0 fully saturated rings. The first-order valence-electron chi connectivity index (χ1n) is 3.40. The van der Waals surface area contributed by atoms with Crippen LogP contribution in [0, 0.1) is 5.82 Å². The molecule has 0 bridgehead atoms. The van der Waals surface area contributed by atoms with Gasteiger partial charge in [-0.1, -0.05) is 34.8 Å². The molecular formula is C6H2BBrCl3FO3. The van der Waals surface area contributed by atoms with E-state index in [0.29, 0.717) is 0 Å². The zero-order chi connectivity index (χ0) is 11.7. The summed E-state index contributed by atoms with van der Waals surface area (Å²) >= 11 is 19.5. The van der Waals surface area contributed by atoms with Crippen LogP contribution in [-0.2, 0) is 0 Å². The van der Waals surface area contributed by atoms with Crippen molar-refractivity contribution >= 4 is 58.1 Å². The Hall–Kier alpha value is 0.285. The van der Waals surface area contributed by atoms with Gasteiger partial charge in [0, 0.05) is 0 Å². The smallest absolute Gasteiger partial charge is 0.510 e. The highest BCUT2D eigenvalue weighted by atomic mass is 79.9. The van der Waals surface area contributed by atoms with E-state index in [9.17, 15) is 4.39 Å². The van der Waals surface area contributed by atoms with Crippen LogP contribution in [-0.4, -0.2) is 17.4 Å². The maximum absolute atomic E-state index is 13.3. The van der Waals surface area contributed by atoms with Crippen LogP contribution in [0.15, 0.2) is 4.47 Å². The first kappa shape index (κ1) is 13.4. The van der Waals surface area contributed by atoms with Gasteiger partial charge < -0.3 is 14.7 Å². The van der Waals surface area contributed by atoms with Crippen LogP contribution in [0.2, 0.25) is 15.1 Å². The number of benzene rings is 1. The van der Waals surface area contributed by atoms with Crippen LogP contribution >= 0.6 is 50.7 Å². The molecule has 0 aliphatic carbocycles. The van der Waals surface area contributed by atoms with Gasteiger partial charge in [0.15, 0.2) is 5.82 Å². The van der Waals surface area contributed by atoms with E-state index in [1.165, 1.54) is 0 Å². The van der Waals surface area contributed by atoms with Crippen molar-refractivity contribution in [2.75, 3.05) is 0 Å². The summed E-state index contributed by atoms with van der Waals surface area (Å²) in [5.74, 6) is -1.24.